The first kappa shape index (κ1) is 22.7. The van der Waals surface area contributed by atoms with Gasteiger partial charge in [-0.2, -0.15) is 4.31 Å². The zero-order valence-electron chi connectivity index (χ0n) is 16.8. The van der Waals surface area contributed by atoms with E-state index in [1.807, 2.05) is 0 Å². The summed E-state index contributed by atoms with van der Waals surface area (Å²) < 4.78 is 54.5. The molecule has 2 aliphatic rings. The van der Waals surface area contributed by atoms with Gasteiger partial charge in [0.1, 0.15) is 4.90 Å². The maximum atomic E-state index is 12.8. The van der Waals surface area contributed by atoms with Crippen LogP contribution in [0.25, 0.3) is 0 Å². The predicted molar refractivity (Wildman–Crippen MR) is 119 cm³/mol. The van der Waals surface area contributed by atoms with Crippen molar-refractivity contribution in [2.45, 2.75) is 17.7 Å². The van der Waals surface area contributed by atoms with E-state index in [-0.39, 0.29) is 33.3 Å². The van der Waals surface area contributed by atoms with Crippen LogP contribution in [-0.2, 0) is 20.0 Å². The van der Waals surface area contributed by atoms with Crippen molar-refractivity contribution in [1.29, 1.82) is 0 Å². The SMILES string of the molecule is O=C1c2ccccc2C(=O)N1CCS(=O)(=O)Nc1ccc(Cl)c(S(=O)(=O)N2CCCC2)c1. The largest absolute Gasteiger partial charge is 0.283 e. The van der Waals surface area contributed by atoms with Crippen LogP contribution in [0.1, 0.15) is 33.6 Å². The van der Waals surface area contributed by atoms with E-state index in [0.29, 0.717) is 13.1 Å². The van der Waals surface area contributed by atoms with E-state index in [4.69, 9.17) is 11.6 Å². The molecule has 32 heavy (non-hydrogen) atoms. The van der Waals surface area contributed by atoms with Crippen LogP contribution in [0.2, 0.25) is 5.02 Å². The number of nitrogens with one attached hydrogen (secondary N) is 1. The number of carbonyl (C=O) groups excluding carboxylic acids is 2. The van der Waals surface area contributed by atoms with Crippen molar-refractivity contribution < 1.29 is 26.4 Å². The van der Waals surface area contributed by atoms with Crippen LogP contribution in [0.5, 0.6) is 0 Å². The Bertz CT molecular complexity index is 1270. The van der Waals surface area contributed by atoms with Crippen molar-refractivity contribution >= 4 is 49.1 Å². The van der Waals surface area contributed by atoms with Gasteiger partial charge in [0.05, 0.1) is 21.9 Å². The van der Waals surface area contributed by atoms with Crippen molar-refractivity contribution in [3.63, 3.8) is 0 Å². The average molecular weight is 498 g/mol. The smallest absolute Gasteiger partial charge is 0.261 e. The summed E-state index contributed by atoms with van der Waals surface area (Å²) in [4.78, 5) is 25.5. The van der Waals surface area contributed by atoms with Crippen LogP contribution in [0.15, 0.2) is 47.4 Å². The topological polar surface area (TPSA) is 121 Å². The van der Waals surface area contributed by atoms with Crippen LogP contribution in [0.3, 0.4) is 0 Å². The van der Waals surface area contributed by atoms with Gasteiger partial charge in [0, 0.05) is 25.3 Å². The van der Waals surface area contributed by atoms with Crippen LogP contribution in [0, 0.1) is 0 Å². The molecule has 170 valence electrons. The number of sulfonamides is 2. The van der Waals surface area contributed by atoms with Gasteiger partial charge in [-0.3, -0.25) is 19.2 Å². The molecular weight excluding hydrogens is 478 g/mol. The Morgan fingerprint density at radius 1 is 0.906 bits per heavy atom. The first-order valence-electron chi connectivity index (χ1n) is 9.85. The summed E-state index contributed by atoms with van der Waals surface area (Å²) in [5.74, 6) is -1.65. The highest BCUT2D eigenvalue weighted by Crippen LogP contribution is 2.30. The number of rotatable bonds is 7. The zero-order chi connectivity index (χ0) is 23.1. The molecule has 2 heterocycles. The molecule has 9 nitrogen and oxygen atoms in total. The molecule has 4 rings (SSSR count). The number of hydrogen-bond donors (Lipinski definition) is 1. The number of imide groups is 1. The van der Waals surface area contributed by atoms with E-state index in [1.165, 1.54) is 34.6 Å². The fourth-order valence-corrected chi connectivity index (χ4v) is 6.74. The van der Waals surface area contributed by atoms with Gasteiger partial charge in [0.25, 0.3) is 11.8 Å². The number of hydrogen-bond acceptors (Lipinski definition) is 6. The first-order chi connectivity index (χ1) is 15.1. The second kappa shape index (κ2) is 8.47. The highest BCUT2D eigenvalue weighted by molar-refractivity contribution is 7.92. The Labute approximate surface area is 191 Å². The maximum absolute atomic E-state index is 12.8. The lowest BCUT2D eigenvalue weighted by Crippen LogP contribution is -2.35. The molecule has 0 aromatic heterocycles. The monoisotopic (exact) mass is 497 g/mol. The lowest BCUT2D eigenvalue weighted by molar-refractivity contribution is 0.0664. The van der Waals surface area contributed by atoms with Crippen LogP contribution in [-0.4, -0.2) is 63.2 Å². The van der Waals surface area contributed by atoms with E-state index in [1.54, 1.807) is 12.1 Å². The Kier molecular flexibility index (Phi) is 6.01. The summed E-state index contributed by atoms with van der Waals surface area (Å²) in [7, 11) is -7.85. The average Bonchev–Trinajstić information content (AvgIpc) is 3.37. The van der Waals surface area contributed by atoms with Crippen LogP contribution >= 0.6 is 11.6 Å². The molecule has 12 heteroatoms. The number of amides is 2. The van der Waals surface area contributed by atoms with Crippen molar-refractivity contribution in [1.82, 2.24) is 9.21 Å². The zero-order valence-corrected chi connectivity index (χ0v) is 19.2. The normalized spacial score (nSPS) is 17.1. The minimum Gasteiger partial charge on any atom is -0.283 e. The number of halogens is 1. The summed E-state index contributed by atoms with van der Waals surface area (Å²) in [6, 6.07) is 10.1. The van der Waals surface area contributed by atoms with Crippen LogP contribution in [0.4, 0.5) is 5.69 Å². The summed E-state index contributed by atoms with van der Waals surface area (Å²) in [5, 5.41) is -0.00845. The molecule has 0 radical (unpaired) electrons. The van der Waals surface area contributed by atoms with E-state index < -0.39 is 37.6 Å². The molecule has 2 aromatic carbocycles. The second-order valence-electron chi connectivity index (χ2n) is 7.48. The molecule has 0 atom stereocenters. The molecule has 1 N–H and O–H groups in total. The van der Waals surface area contributed by atoms with Gasteiger partial charge >= 0.3 is 0 Å². The lowest BCUT2D eigenvalue weighted by atomic mass is 10.1. The van der Waals surface area contributed by atoms with E-state index in [2.05, 4.69) is 4.72 Å². The molecule has 2 amide bonds. The Balaban J connectivity index is 1.49. The van der Waals surface area contributed by atoms with Gasteiger partial charge in [0.2, 0.25) is 20.0 Å². The minimum absolute atomic E-state index is 0.00845. The van der Waals surface area contributed by atoms with Crippen LogP contribution < -0.4 is 4.72 Å². The molecule has 2 aliphatic heterocycles. The van der Waals surface area contributed by atoms with Gasteiger partial charge in [0.15, 0.2) is 0 Å². The number of carbonyl (C=O) groups is 2. The standard InChI is InChI=1S/C20H20ClN3O6S2/c21-17-8-7-14(13-18(17)32(29,30)23-9-3-4-10-23)22-31(27,28)12-11-24-19(25)15-5-1-2-6-16(15)20(24)26/h1-2,5-8,13,22H,3-4,9-12H2. The molecular formula is C20H20ClN3O6S2. The maximum Gasteiger partial charge on any atom is 0.261 e. The third kappa shape index (κ3) is 4.25. The Morgan fingerprint density at radius 2 is 1.50 bits per heavy atom. The van der Waals surface area contributed by atoms with Gasteiger partial charge in [-0.15, -0.1) is 0 Å². The number of nitrogens with zero attached hydrogens (tertiary/aromatic N) is 2. The Morgan fingerprint density at radius 3 is 2.09 bits per heavy atom. The van der Waals surface area contributed by atoms with Gasteiger partial charge in [-0.1, -0.05) is 23.7 Å². The number of anilines is 1. The fraction of sp³-hybridized carbons (Fsp3) is 0.300. The van der Waals surface area contributed by atoms with Crippen molar-refractivity contribution in [2.24, 2.45) is 0 Å². The highest BCUT2D eigenvalue weighted by atomic mass is 35.5. The molecule has 1 saturated heterocycles. The minimum atomic E-state index is -4.00. The summed E-state index contributed by atoms with van der Waals surface area (Å²) >= 11 is 6.09. The molecule has 0 bridgehead atoms. The quantitative estimate of drug-likeness (QED) is 0.585. The van der Waals surface area contributed by atoms with Crippen molar-refractivity contribution in [3.8, 4) is 0 Å². The van der Waals surface area contributed by atoms with E-state index in [9.17, 15) is 26.4 Å². The first-order valence-corrected chi connectivity index (χ1v) is 13.3. The molecule has 2 aromatic rings. The van der Waals surface area contributed by atoms with Gasteiger partial charge < -0.3 is 0 Å². The third-order valence-corrected chi connectivity index (χ3v) is 9.00. The number of fused-ring (bicyclic) bond motifs is 1. The lowest BCUT2D eigenvalue weighted by Gasteiger charge is -2.18. The summed E-state index contributed by atoms with van der Waals surface area (Å²) in [5.41, 5.74) is 0.490. The Hall–Kier alpha value is -2.47. The van der Waals surface area contributed by atoms with Gasteiger partial charge in [-0.05, 0) is 43.2 Å². The molecule has 0 unspecified atom stereocenters. The molecule has 1 fully saturated rings. The number of benzene rings is 2. The third-order valence-electron chi connectivity index (χ3n) is 5.35. The molecule has 0 saturated carbocycles. The second-order valence-corrected chi connectivity index (χ2v) is 11.6. The van der Waals surface area contributed by atoms with Gasteiger partial charge in [-0.25, -0.2) is 16.8 Å². The molecule has 0 spiro atoms. The predicted octanol–water partition coefficient (Wildman–Crippen LogP) is 2.16. The van der Waals surface area contributed by atoms with Crippen molar-refractivity contribution in [3.05, 3.63) is 58.6 Å². The highest BCUT2D eigenvalue weighted by Gasteiger charge is 2.35. The molecule has 0 aliphatic carbocycles. The van der Waals surface area contributed by atoms with E-state index >= 15 is 0 Å². The van der Waals surface area contributed by atoms with E-state index in [0.717, 1.165) is 17.7 Å². The summed E-state index contributed by atoms with van der Waals surface area (Å²) in [6.07, 6.45) is 1.50. The fourth-order valence-electron chi connectivity index (χ4n) is 3.72. The van der Waals surface area contributed by atoms with Crippen molar-refractivity contribution in [2.75, 3.05) is 30.1 Å². The summed E-state index contributed by atoms with van der Waals surface area (Å²) in [6.45, 7) is 0.429.